The molecule has 0 aliphatic heterocycles. The summed E-state index contributed by atoms with van der Waals surface area (Å²) in [7, 11) is 1.61. The van der Waals surface area contributed by atoms with Crippen molar-refractivity contribution in [2.75, 3.05) is 25.6 Å². The van der Waals surface area contributed by atoms with Crippen LogP contribution in [0.25, 0.3) is 0 Å². The zero-order valence-corrected chi connectivity index (χ0v) is 21.0. The van der Waals surface area contributed by atoms with Gasteiger partial charge in [0.2, 0.25) is 5.91 Å². The minimum absolute atomic E-state index is 0.00109. The molecule has 184 valence electrons. The number of nitrogens with zero attached hydrogens (tertiary/aromatic N) is 2. The molecule has 0 saturated heterocycles. The number of hydrogen-bond acceptors (Lipinski definition) is 7. The van der Waals surface area contributed by atoms with Crippen molar-refractivity contribution in [1.29, 1.82) is 0 Å². The number of methoxy groups -OCH3 is 1. The predicted octanol–water partition coefficient (Wildman–Crippen LogP) is 3.24. The van der Waals surface area contributed by atoms with Gasteiger partial charge in [-0.05, 0) is 48.6 Å². The first-order valence-electron chi connectivity index (χ1n) is 11.9. The highest BCUT2D eigenvalue weighted by Gasteiger charge is 2.53. The van der Waals surface area contributed by atoms with Gasteiger partial charge in [-0.3, -0.25) is 19.9 Å². The number of thiazole rings is 1. The Bertz CT molecular complexity index is 1030. The summed E-state index contributed by atoms with van der Waals surface area (Å²) in [6.45, 7) is 7.21. The van der Waals surface area contributed by atoms with Crippen LogP contribution < -0.4 is 10.6 Å². The largest absolute Gasteiger partial charge is 0.392 e. The van der Waals surface area contributed by atoms with Crippen LogP contribution in [0.4, 0.5) is 5.13 Å². The molecule has 2 aliphatic carbocycles. The molecule has 2 aromatic heterocycles. The Kier molecular flexibility index (Phi) is 7.35. The fourth-order valence-corrected chi connectivity index (χ4v) is 7.16. The number of carbonyl (C=O) groups is 2. The highest BCUT2D eigenvalue weighted by Crippen LogP contribution is 2.57. The second-order valence-electron chi connectivity index (χ2n) is 9.93. The first kappa shape index (κ1) is 24.8. The van der Waals surface area contributed by atoms with Crippen molar-refractivity contribution < 1.29 is 19.4 Å². The van der Waals surface area contributed by atoms with E-state index in [0.717, 1.165) is 25.0 Å². The number of hydrogen-bond donors (Lipinski definition) is 3. The summed E-state index contributed by atoms with van der Waals surface area (Å²) < 4.78 is 5.02. The lowest BCUT2D eigenvalue weighted by molar-refractivity contribution is -0.135. The number of amides is 2. The van der Waals surface area contributed by atoms with Gasteiger partial charge in [0.15, 0.2) is 5.13 Å². The van der Waals surface area contributed by atoms with E-state index in [-0.39, 0.29) is 40.9 Å². The maximum Gasteiger partial charge on any atom is 0.257 e. The summed E-state index contributed by atoms with van der Waals surface area (Å²) in [4.78, 5) is 35.2. The van der Waals surface area contributed by atoms with E-state index in [1.165, 1.54) is 16.2 Å². The standard InChI is InChI=1S/C25H34N4O4S/c1-14(22(31)27-11-12-33-4)17-5-8-25(3)13-18-20(15(2)19(25)21(17)30)28-24(34-18)29-23(32)16-6-9-26-10-7-16/h6-7,9-10,14-15,17,19,21,30H,5,8,11-13H2,1-4H3,(H,27,31)(H,28,29,32)/t14-,15+,17-,19+,21-,25+/m0/s1. The van der Waals surface area contributed by atoms with Gasteiger partial charge >= 0.3 is 0 Å². The van der Waals surface area contributed by atoms with E-state index in [0.29, 0.717) is 23.8 Å². The number of nitrogens with one attached hydrogen (secondary N) is 2. The van der Waals surface area contributed by atoms with Crippen molar-refractivity contribution in [3.8, 4) is 0 Å². The summed E-state index contributed by atoms with van der Waals surface area (Å²) >= 11 is 1.52. The molecule has 2 heterocycles. The molecule has 0 aromatic carbocycles. The summed E-state index contributed by atoms with van der Waals surface area (Å²) in [6.07, 6.45) is 5.15. The molecule has 0 spiro atoms. The van der Waals surface area contributed by atoms with Crippen LogP contribution in [0.1, 0.15) is 60.5 Å². The average molecular weight is 487 g/mol. The third kappa shape index (κ3) is 4.74. The summed E-state index contributed by atoms with van der Waals surface area (Å²) in [5.74, 6) is -0.608. The molecule has 0 unspecified atom stereocenters. The van der Waals surface area contributed by atoms with E-state index in [1.807, 2.05) is 6.92 Å². The molecule has 1 fully saturated rings. The first-order chi connectivity index (χ1) is 16.2. The van der Waals surface area contributed by atoms with E-state index < -0.39 is 6.10 Å². The van der Waals surface area contributed by atoms with Crippen LogP contribution in [0.15, 0.2) is 24.5 Å². The molecule has 2 aliphatic rings. The predicted molar refractivity (Wildman–Crippen MR) is 131 cm³/mol. The number of aromatic nitrogens is 2. The lowest BCUT2D eigenvalue weighted by atomic mass is 9.53. The van der Waals surface area contributed by atoms with Crippen molar-refractivity contribution in [3.05, 3.63) is 40.7 Å². The molecular formula is C25H34N4O4S. The Hall–Kier alpha value is -2.36. The van der Waals surface area contributed by atoms with Crippen molar-refractivity contribution in [3.63, 3.8) is 0 Å². The summed E-state index contributed by atoms with van der Waals surface area (Å²) in [6, 6.07) is 3.34. The topological polar surface area (TPSA) is 113 Å². The number of rotatable bonds is 7. The van der Waals surface area contributed by atoms with Crippen LogP contribution in [0.3, 0.4) is 0 Å². The lowest BCUT2D eigenvalue weighted by Crippen LogP contribution is -2.53. The Morgan fingerprint density at radius 1 is 1.35 bits per heavy atom. The highest BCUT2D eigenvalue weighted by molar-refractivity contribution is 7.15. The number of aliphatic hydroxyl groups excluding tert-OH is 1. The van der Waals surface area contributed by atoms with Gasteiger partial charge in [-0.15, -0.1) is 11.3 Å². The monoisotopic (exact) mass is 486 g/mol. The van der Waals surface area contributed by atoms with Crippen LogP contribution in [-0.4, -0.2) is 53.3 Å². The molecule has 2 amide bonds. The van der Waals surface area contributed by atoms with Crippen molar-refractivity contribution >= 4 is 28.3 Å². The summed E-state index contributed by atoms with van der Waals surface area (Å²) in [5.41, 5.74) is 1.41. The SMILES string of the molecule is COCCNC(=O)[C@@H](C)[C@@H]1CC[C@]2(C)Cc3sc(NC(=O)c4ccncc4)nc3[C@H](C)[C@@H]2[C@H]1O. The van der Waals surface area contributed by atoms with E-state index in [4.69, 9.17) is 9.72 Å². The molecule has 4 rings (SSSR count). The fraction of sp³-hybridized carbons (Fsp3) is 0.600. The van der Waals surface area contributed by atoms with Crippen molar-refractivity contribution in [2.45, 2.75) is 52.1 Å². The minimum atomic E-state index is -0.596. The van der Waals surface area contributed by atoms with Gasteiger partial charge in [0.05, 0.1) is 18.4 Å². The van der Waals surface area contributed by atoms with E-state index in [2.05, 4.69) is 29.5 Å². The molecule has 1 saturated carbocycles. The maximum absolute atomic E-state index is 12.7. The van der Waals surface area contributed by atoms with Crippen LogP contribution in [0.2, 0.25) is 0 Å². The van der Waals surface area contributed by atoms with E-state index in [1.54, 1.807) is 31.6 Å². The minimum Gasteiger partial charge on any atom is -0.392 e. The van der Waals surface area contributed by atoms with Crippen molar-refractivity contribution in [1.82, 2.24) is 15.3 Å². The zero-order valence-electron chi connectivity index (χ0n) is 20.2. The second-order valence-corrected chi connectivity index (χ2v) is 11.0. The molecule has 8 nitrogen and oxygen atoms in total. The normalized spacial score (nSPS) is 29.0. The summed E-state index contributed by atoms with van der Waals surface area (Å²) in [5, 5.41) is 17.9. The van der Waals surface area contributed by atoms with Crippen LogP contribution in [-0.2, 0) is 16.0 Å². The molecule has 6 atom stereocenters. The lowest BCUT2D eigenvalue weighted by Gasteiger charge is -2.53. The molecule has 9 heteroatoms. The zero-order chi connectivity index (χ0) is 24.5. The van der Waals surface area contributed by atoms with Crippen LogP contribution >= 0.6 is 11.3 Å². The maximum atomic E-state index is 12.7. The third-order valence-electron chi connectivity index (χ3n) is 7.75. The highest BCUT2D eigenvalue weighted by atomic mass is 32.1. The average Bonchev–Trinajstić information content (AvgIpc) is 3.21. The molecule has 3 N–H and O–H groups in total. The molecular weight excluding hydrogens is 452 g/mol. The van der Waals surface area contributed by atoms with Gasteiger partial charge in [0.25, 0.3) is 5.91 Å². The Balaban J connectivity index is 1.51. The Morgan fingerprint density at radius 2 is 2.09 bits per heavy atom. The second kappa shape index (κ2) is 10.1. The number of anilines is 1. The fourth-order valence-electron chi connectivity index (χ4n) is 5.90. The molecule has 34 heavy (non-hydrogen) atoms. The van der Waals surface area contributed by atoms with Gasteiger partial charge in [-0.25, -0.2) is 4.98 Å². The van der Waals surface area contributed by atoms with Crippen molar-refractivity contribution in [2.24, 2.45) is 23.2 Å². The van der Waals surface area contributed by atoms with Gasteiger partial charge in [-0.2, -0.15) is 0 Å². The van der Waals surface area contributed by atoms with Gasteiger partial charge in [0, 0.05) is 48.3 Å². The molecule has 2 aromatic rings. The van der Waals surface area contributed by atoms with Crippen LogP contribution in [0, 0.1) is 23.2 Å². The van der Waals surface area contributed by atoms with E-state index >= 15 is 0 Å². The number of fused-ring (bicyclic) bond motifs is 2. The van der Waals surface area contributed by atoms with E-state index in [9.17, 15) is 14.7 Å². The number of ether oxygens (including phenoxy) is 1. The number of aliphatic hydroxyl groups is 1. The number of carbonyl (C=O) groups excluding carboxylic acids is 2. The van der Waals surface area contributed by atoms with Gasteiger partial charge in [-0.1, -0.05) is 20.8 Å². The van der Waals surface area contributed by atoms with Crippen LogP contribution in [0.5, 0.6) is 0 Å². The van der Waals surface area contributed by atoms with Gasteiger partial charge in [0.1, 0.15) is 0 Å². The first-order valence-corrected chi connectivity index (χ1v) is 12.7. The smallest absolute Gasteiger partial charge is 0.257 e. The number of pyridine rings is 1. The Morgan fingerprint density at radius 3 is 2.79 bits per heavy atom. The Labute approximate surface area is 204 Å². The quantitative estimate of drug-likeness (QED) is 0.518. The molecule has 0 bridgehead atoms. The van der Waals surface area contributed by atoms with Gasteiger partial charge < -0.3 is 15.2 Å². The molecule has 0 radical (unpaired) electrons. The third-order valence-corrected chi connectivity index (χ3v) is 8.73.